The van der Waals surface area contributed by atoms with Gasteiger partial charge in [-0.2, -0.15) is 5.10 Å². The van der Waals surface area contributed by atoms with Crippen LogP contribution in [0.5, 0.6) is 0 Å². The van der Waals surface area contributed by atoms with Gasteiger partial charge in [-0.05, 0) is 6.92 Å². The van der Waals surface area contributed by atoms with Crippen molar-refractivity contribution in [3.05, 3.63) is 12.4 Å². The van der Waals surface area contributed by atoms with Gasteiger partial charge in [0.15, 0.2) is 0 Å². The van der Waals surface area contributed by atoms with E-state index >= 15 is 0 Å². The topological polar surface area (TPSA) is 65.4 Å². The first-order valence-electron chi connectivity index (χ1n) is 4.71. The van der Waals surface area contributed by atoms with E-state index in [0.717, 1.165) is 0 Å². The second kappa shape index (κ2) is 6.02. The molecule has 1 rings (SSSR count). The molecule has 0 unspecified atom stereocenters. The zero-order chi connectivity index (χ0) is 11.1. The summed E-state index contributed by atoms with van der Waals surface area (Å²) in [6, 6.07) is 0. The number of rotatable bonds is 5. The number of aromatic nitrogens is 2. The highest BCUT2D eigenvalue weighted by molar-refractivity contribution is 5.84. The van der Waals surface area contributed by atoms with Crippen LogP contribution in [0.4, 0.5) is 10.5 Å². The van der Waals surface area contributed by atoms with E-state index in [0.29, 0.717) is 25.4 Å². The van der Waals surface area contributed by atoms with E-state index in [1.807, 2.05) is 0 Å². The van der Waals surface area contributed by atoms with Crippen LogP contribution in [-0.2, 0) is 16.0 Å². The van der Waals surface area contributed by atoms with Crippen LogP contribution in [0.1, 0.15) is 6.92 Å². The lowest BCUT2D eigenvalue weighted by Gasteiger charge is -2.01. The highest BCUT2D eigenvalue weighted by Gasteiger charge is 2.03. The van der Waals surface area contributed by atoms with E-state index in [2.05, 4.69) is 10.4 Å². The maximum atomic E-state index is 11.0. The summed E-state index contributed by atoms with van der Waals surface area (Å²) in [5, 5.41) is 6.59. The highest BCUT2D eigenvalue weighted by atomic mass is 16.5. The van der Waals surface area contributed by atoms with Gasteiger partial charge in [-0.15, -0.1) is 0 Å². The number of nitrogens with one attached hydrogen (secondary N) is 1. The molecule has 1 aromatic heterocycles. The average molecular weight is 213 g/mol. The summed E-state index contributed by atoms with van der Waals surface area (Å²) in [4.78, 5) is 11.0. The van der Waals surface area contributed by atoms with Crippen LogP contribution in [-0.4, -0.2) is 36.2 Å². The van der Waals surface area contributed by atoms with Gasteiger partial charge in [0, 0.05) is 13.3 Å². The summed E-state index contributed by atoms with van der Waals surface area (Å²) in [7, 11) is 1.63. The molecule has 1 N–H and O–H groups in total. The Labute approximate surface area is 88.2 Å². The van der Waals surface area contributed by atoms with Gasteiger partial charge < -0.3 is 9.47 Å². The Kier molecular flexibility index (Phi) is 4.62. The summed E-state index contributed by atoms with van der Waals surface area (Å²) in [5.74, 6) is 0. The van der Waals surface area contributed by atoms with Crippen molar-refractivity contribution >= 4 is 11.8 Å². The molecule has 0 atom stereocenters. The van der Waals surface area contributed by atoms with Crippen molar-refractivity contribution in [2.24, 2.45) is 0 Å². The number of nitrogens with zero attached hydrogens (tertiary/aromatic N) is 2. The van der Waals surface area contributed by atoms with Crippen LogP contribution >= 0.6 is 0 Å². The average Bonchev–Trinajstić information content (AvgIpc) is 2.63. The third kappa shape index (κ3) is 3.99. The van der Waals surface area contributed by atoms with Gasteiger partial charge in [0.05, 0.1) is 31.6 Å². The Morgan fingerprint density at radius 3 is 3.13 bits per heavy atom. The van der Waals surface area contributed by atoms with Gasteiger partial charge >= 0.3 is 6.09 Å². The minimum Gasteiger partial charge on any atom is -0.450 e. The fourth-order valence-corrected chi connectivity index (χ4v) is 1.02. The zero-order valence-electron chi connectivity index (χ0n) is 8.90. The number of hydrogen-bond donors (Lipinski definition) is 1. The van der Waals surface area contributed by atoms with E-state index in [4.69, 9.17) is 9.47 Å². The number of amides is 1. The lowest BCUT2D eigenvalue weighted by atomic mass is 10.6. The predicted molar refractivity (Wildman–Crippen MR) is 54.7 cm³/mol. The molecule has 0 radical (unpaired) electrons. The maximum absolute atomic E-state index is 11.0. The Hall–Kier alpha value is -1.56. The normalized spacial score (nSPS) is 10.0. The van der Waals surface area contributed by atoms with Crippen molar-refractivity contribution < 1.29 is 14.3 Å². The molecule has 84 valence electrons. The lowest BCUT2D eigenvalue weighted by Crippen LogP contribution is -2.12. The monoisotopic (exact) mass is 213 g/mol. The van der Waals surface area contributed by atoms with Crippen molar-refractivity contribution in [1.82, 2.24) is 9.78 Å². The van der Waals surface area contributed by atoms with Gasteiger partial charge in [-0.3, -0.25) is 10.00 Å². The van der Waals surface area contributed by atoms with Crippen LogP contribution in [0.2, 0.25) is 0 Å². The molecular weight excluding hydrogens is 198 g/mol. The maximum Gasteiger partial charge on any atom is 0.411 e. The van der Waals surface area contributed by atoms with Gasteiger partial charge in [-0.1, -0.05) is 0 Å². The summed E-state index contributed by atoms with van der Waals surface area (Å²) in [5.41, 5.74) is 0.615. The predicted octanol–water partition coefficient (Wildman–Crippen LogP) is 1.10. The minimum atomic E-state index is -0.469. The molecule has 0 aliphatic carbocycles. The molecule has 0 saturated carbocycles. The molecule has 1 aromatic rings. The Bertz CT molecular complexity index is 311. The number of anilines is 1. The second-order valence-corrected chi connectivity index (χ2v) is 2.83. The molecule has 1 amide bonds. The Balaban J connectivity index is 2.42. The van der Waals surface area contributed by atoms with E-state index in [-0.39, 0.29) is 0 Å². The third-order valence-electron chi connectivity index (χ3n) is 1.68. The zero-order valence-corrected chi connectivity index (χ0v) is 8.90. The van der Waals surface area contributed by atoms with E-state index in [1.54, 1.807) is 31.1 Å². The molecule has 15 heavy (non-hydrogen) atoms. The van der Waals surface area contributed by atoms with Crippen LogP contribution < -0.4 is 5.32 Å². The first-order valence-corrected chi connectivity index (χ1v) is 4.71. The first-order chi connectivity index (χ1) is 7.26. The van der Waals surface area contributed by atoms with Crippen LogP contribution in [0.3, 0.4) is 0 Å². The smallest absolute Gasteiger partial charge is 0.411 e. The number of methoxy groups -OCH3 is 1. The molecular formula is C9H15N3O3. The number of carbonyl (C=O) groups excluding carboxylic acids is 1. The molecule has 0 saturated heterocycles. The summed E-state index contributed by atoms with van der Waals surface area (Å²) in [6.07, 6.45) is 2.81. The molecule has 1 heterocycles. The van der Waals surface area contributed by atoms with Crippen molar-refractivity contribution in [3.8, 4) is 0 Å². The fourth-order valence-electron chi connectivity index (χ4n) is 1.02. The molecule has 0 bridgehead atoms. The molecule has 0 fully saturated rings. The van der Waals surface area contributed by atoms with E-state index in [9.17, 15) is 4.79 Å². The molecule has 0 aliphatic heterocycles. The largest absolute Gasteiger partial charge is 0.450 e. The standard InChI is InChI=1S/C9H15N3O3/c1-3-15-9(13)11-8-6-10-12(7-8)4-5-14-2/h6-7H,3-5H2,1-2H3,(H,11,13). The van der Waals surface area contributed by atoms with Crippen molar-refractivity contribution in [1.29, 1.82) is 0 Å². The van der Waals surface area contributed by atoms with Crippen LogP contribution in [0.15, 0.2) is 12.4 Å². The first kappa shape index (κ1) is 11.5. The molecule has 6 heteroatoms. The molecule has 6 nitrogen and oxygen atoms in total. The van der Waals surface area contributed by atoms with Gasteiger partial charge in [0.25, 0.3) is 0 Å². The van der Waals surface area contributed by atoms with Crippen LogP contribution in [0.25, 0.3) is 0 Å². The lowest BCUT2D eigenvalue weighted by molar-refractivity contribution is 0.168. The molecule has 0 aliphatic rings. The minimum absolute atomic E-state index is 0.351. The van der Waals surface area contributed by atoms with E-state index in [1.165, 1.54) is 0 Å². The second-order valence-electron chi connectivity index (χ2n) is 2.83. The SMILES string of the molecule is CCOC(=O)Nc1cnn(CCOC)c1. The summed E-state index contributed by atoms with van der Waals surface area (Å²) < 4.78 is 11.3. The van der Waals surface area contributed by atoms with Crippen molar-refractivity contribution in [2.45, 2.75) is 13.5 Å². The third-order valence-corrected chi connectivity index (χ3v) is 1.68. The number of carbonyl (C=O) groups is 1. The van der Waals surface area contributed by atoms with Crippen molar-refractivity contribution in [2.75, 3.05) is 25.6 Å². The van der Waals surface area contributed by atoms with Gasteiger partial charge in [0.2, 0.25) is 0 Å². The van der Waals surface area contributed by atoms with E-state index < -0.39 is 6.09 Å². The fraction of sp³-hybridized carbons (Fsp3) is 0.556. The van der Waals surface area contributed by atoms with Gasteiger partial charge in [0.1, 0.15) is 0 Å². The molecule has 0 spiro atoms. The number of ether oxygens (including phenoxy) is 2. The Morgan fingerprint density at radius 1 is 1.67 bits per heavy atom. The quantitative estimate of drug-likeness (QED) is 0.795. The summed E-state index contributed by atoms with van der Waals surface area (Å²) in [6.45, 7) is 3.34. The Morgan fingerprint density at radius 2 is 2.47 bits per heavy atom. The molecule has 0 aromatic carbocycles. The van der Waals surface area contributed by atoms with Crippen LogP contribution in [0, 0.1) is 0 Å². The summed E-state index contributed by atoms with van der Waals surface area (Å²) >= 11 is 0. The van der Waals surface area contributed by atoms with Gasteiger partial charge in [-0.25, -0.2) is 4.79 Å². The highest BCUT2D eigenvalue weighted by Crippen LogP contribution is 2.04. The number of hydrogen-bond acceptors (Lipinski definition) is 4. The van der Waals surface area contributed by atoms with Crippen molar-refractivity contribution in [3.63, 3.8) is 0 Å².